The summed E-state index contributed by atoms with van der Waals surface area (Å²) in [5.41, 5.74) is 6.84. The van der Waals surface area contributed by atoms with Crippen LogP contribution in [0, 0.1) is 5.41 Å². The summed E-state index contributed by atoms with van der Waals surface area (Å²) in [6, 6.07) is 3.79. The van der Waals surface area contributed by atoms with Crippen LogP contribution in [0.5, 0.6) is 0 Å². The number of pyridine rings is 1. The number of hydrogen-bond donors (Lipinski definition) is 2. The molecule has 3 N–H and O–H groups in total. The molecule has 2 saturated heterocycles. The fourth-order valence-corrected chi connectivity index (χ4v) is 3.46. The van der Waals surface area contributed by atoms with E-state index in [-0.39, 0.29) is 0 Å². The van der Waals surface area contributed by atoms with Crippen molar-refractivity contribution in [2.75, 3.05) is 36.8 Å². The summed E-state index contributed by atoms with van der Waals surface area (Å²) in [4.78, 5) is 15.4. The van der Waals surface area contributed by atoms with E-state index in [1.807, 2.05) is 12.1 Å². The van der Waals surface area contributed by atoms with Crippen LogP contribution >= 0.6 is 0 Å². The number of fused-ring (bicyclic) bond motifs is 1. The molecule has 6 heteroatoms. The lowest BCUT2D eigenvalue weighted by molar-refractivity contribution is 0.369. The van der Waals surface area contributed by atoms with Crippen molar-refractivity contribution in [2.45, 2.75) is 12.8 Å². The number of nitrogens with zero attached hydrogens (tertiary/aromatic N) is 4. The van der Waals surface area contributed by atoms with Gasteiger partial charge in [0.05, 0.1) is 5.39 Å². The van der Waals surface area contributed by atoms with Crippen LogP contribution in [0.4, 0.5) is 11.6 Å². The normalized spacial score (nSPS) is 25.9. The van der Waals surface area contributed by atoms with Gasteiger partial charge in [-0.3, -0.25) is 0 Å². The Bertz CT molecular complexity index is 649. The van der Waals surface area contributed by atoms with Crippen LogP contribution in [-0.4, -0.2) is 41.1 Å². The van der Waals surface area contributed by atoms with E-state index >= 15 is 0 Å². The first-order chi connectivity index (χ1) is 9.76. The topological polar surface area (TPSA) is 80.0 Å². The van der Waals surface area contributed by atoms with E-state index in [0.717, 1.165) is 37.4 Å². The van der Waals surface area contributed by atoms with Crippen molar-refractivity contribution in [1.82, 2.24) is 20.3 Å². The van der Waals surface area contributed by atoms with E-state index < -0.39 is 0 Å². The van der Waals surface area contributed by atoms with Crippen LogP contribution in [0.15, 0.2) is 18.5 Å². The van der Waals surface area contributed by atoms with Gasteiger partial charge in [-0.15, -0.1) is 0 Å². The predicted molar refractivity (Wildman–Crippen MR) is 78.5 cm³/mol. The van der Waals surface area contributed by atoms with Gasteiger partial charge in [0.1, 0.15) is 18.0 Å². The molecule has 2 aliphatic rings. The summed E-state index contributed by atoms with van der Waals surface area (Å²) in [5, 5.41) is 4.47. The molecule has 20 heavy (non-hydrogen) atoms. The summed E-state index contributed by atoms with van der Waals surface area (Å²) in [5.74, 6) is 1.49. The molecule has 1 spiro atoms. The van der Waals surface area contributed by atoms with Crippen LogP contribution in [0.2, 0.25) is 0 Å². The molecule has 0 amide bonds. The summed E-state index contributed by atoms with van der Waals surface area (Å²) in [7, 11) is 0. The number of hydrogen-bond acceptors (Lipinski definition) is 6. The predicted octanol–water partition coefficient (Wildman–Crippen LogP) is 0.797. The fourth-order valence-electron chi connectivity index (χ4n) is 3.46. The van der Waals surface area contributed by atoms with Gasteiger partial charge in [0.25, 0.3) is 0 Å². The Balaban J connectivity index is 1.72. The first kappa shape index (κ1) is 11.8. The van der Waals surface area contributed by atoms with Gasteiger partial charge < -0.3 is 16.0 Å². The number of nitrogens with one attached hydrogen (secondary N) is 1. The van der Waals surface area contributed by atoms with Crippen LogP contribution in [0.1, 0.15) is 12.8 Å². The van der Waals surface area contributed by atoms with Gasteiger partial charge >= 0.3 is 0 Å². The Hall–Kier alpha value is -1.95. The van der Waals surface area contributed by atoms with Crippen molar-refractivity contribution in [3.05, 3.63) is 18.5 Å². The Kier molecular flexibility index (Phi) is 2.53. The maximum atomic E-state index is 5.73. The molecule has 4 rings (SSSR count). The Morgan fingerprint density at radius 1 is 1.25 bits per heavy atom. The highest BCUT2D eigenvalue weighted by molar-refractivity contribution is 5.87. The molecule has 4 heterocycles. The highest BCUT2D eigenvalue weighted by Gasteiger charge is 2.41. The summed E-state index contributed by atoms with van der Waals surface area (Å²) < 4.78 is 0. The molecule has 2 aromatic rings. The number of aromatic nitrogens is 3. The van der Waals surface area contributed by atoms with Crippen molar-refractivity contribution in [1.29, 1.82) is 0 Å². The molecule has 2 fully saturated rings. The van der Waals surface area contributed by atoms with E-state index in [4.69, 9.17) is 5.73 Å². The second-order valence-electron chi connectivity index (χ2n) is 5.90. The quantitative estimate of drug-likeness (QED) is 0.798. The molecular weight excluding hydrogens is 252 g/mol. The third-order valence-corrected chi connectivity index (χ3v) is 4.57. The van der Waals surface area contributed by atoms with Crippen LogP contribution in [0.3, 0.4) is 0 Å². The van der Waals surface area contributed by atoms with Gasteiger partial charge in [0.2, 0.25) is 0 Å². The third kappa shape index (κ3) is 1.79. The first-order valence-electron chi connectivity index (χ1n) is 7.09. The minimum atomic E-state index is 0.429. The minimum absolute atomic E-state index is 0.429. The number of rotatable bonds is 1. The first-order valence-corrected chi connectivity index (χ1v) is 7.09. The van der Waals surface area contributed by atoms with Crippen molar-refractivity contribution < 1.29 is 0 Å². The largest absolute Gasteiger partial charge is 0.384 e. The second kappa shape index (κ2) is 4.28. The van der Waals surface area contributed by atoms with Gasteiger partial charge in [0.15, 0.2) is 5.65 Å². The van der Waals surface area contributed by atoms with Gasteiger partial charge in [0, 0.05) is 25.0 Å². The van der Waals surface area contributed by atoms with Crippen LogP contribution in [-0.2, 0) is 0 Å². The molecule has 0 aromatic carbocycles. The molecule has 0 bridgehead atoms. The van der Waals surface area contributed by atoms with Gasteiger partial charge in [-0.2, -0.15) is 0 Å². The zero-order chi connectivity index (χ0) is 13.6. The van der Waals surface area contributed by atoms with Gasteiger partial charge in [-0.05, 0) is 31.5 Å². The van der Waals surface area contributed by atoms with Crippen molar-refractivity contribution in [3.63, 3.8) is 0 Å². The zero-order valence-corrected chi connectivity index (χ0v) is 11.3. The van der Waals surface area contributed by atoms with E-state index in [0.29, 0.717) is 16.9 Å². The molecule has 0 radical (unpaired) electrons. The molecule has 6 nitrogen and oxygen atoms in total. The van der Waals surface area contributed by atoms with E-state index in [1.54, 1.807) is 6.33 Å². The van der Waals surface area contributed by atoms with Crippen molar-refractivity contribution >= 4 is 22.7 Å². The Morgan fingerprint density at radius 2 is 2.20 bits per heavy atom. The average Bonchev–Trinajstić information content (AvgIpc) is 3.09. The van der Waals surface area contributed by atoms with Crippen LogP contribution < -0.4 is 16.0 Å². The monoisotopic (exact) mass is 270 g/mol. The lowest BCUT2D eigenvalue weighted by atomic mass is 9.87. The summed E-state index contributed by atoms with van der Waals surface area (Å²) in [6.07, 6.45) is 4.08. The summed E-state index contributed by atoms with van der Waals surface area (Å²) in [6.45, 7) is 4.38. The number of anilines is 2. The molecule has 1 unspecified atom stereocenters. The second-order valence-corrected chi connectivity index (χ2v) is 5.90. The lowest BCUT2D eigenvalue weighted by Crippen LogP contribution is -2.29. The SMILES string of the molecule is Nc1ccc2c(N3CCC4(CCNC4)C3)ncnc2n1. The highest BCUT2D eigenvalue weighted by Crippen LogP contribution is 2.38. The third-order valence-electron chi connectivity index (χ3n) is 4.57. The minimum Gasteiger partial charge on any atom is -0.384 e. The van der Waals surface area contributed by atoms with Gasteiger partial charge in [-0.25, -0.2) is 15.0 Å². The standard InChI is InChI=1S/C14H18N6/c15-11-2-1-10-12(19-11)17-9-18-13(10)20-6-4-14(8-20)3-5-16-7-14/h1-2,9,16H,3-8H2,(H2,15,17,18,19). The van der Waals surface area contributed by atoms with Crippen molar-refractivity contribution in [3.8, 4) is 0 Å². The van der Waals surface area contributed by atoms with Gasteiger partial charge in [-0.1, -0.05) is 0 Å². The smallest absolute Gasteiger partial charge is 0.166 e. The molecule has 104 valence electrons. The summed E-state index contributed by atoms with van der Waals surface area (Å²) >= 11 is 0. The van der Waals surface area contributed by atoms with Crippen molar-refractivity contribution in [2.24, 2.45) is 5.41 Å². The molecule has 0 saturated carbocycles. The van der Waals surface area contributed by atoms with Crippen LogP contribution in [0.25, 0.3) is 11.0 Å². The lowest BCUT2D eigenvalue weighted by Gasteiger charge is -2.23. The highest BCUT2D eigenvalue weighted by atomic mass is 15.2. The van der Waals surface area contributed by atoms with E-state index in [9.17, 15) is 0 Å². The number of nitrogen functional groups attached to an aromatic ring is 1. The molecule has 0 aliphatic carbocycles. The molecule has 1 atom stereocenters. The Labute approximate surface area is 117 Å². The molecule has 2 aliphatic heterocycles. The molecular formula is C14H18N6. The zero-order valence-electron chi connectivity index (χ0n) is 11.3. The maximum absolute atomic E-state index is 5.73. The molecule has 2 aromatic heterocycles. The fraction of sp³-hybridized carbons (Fsp3) is 0.500. The number of nitrogens with two attached hydrogens (primary N) is 1. The van der Waals surface area contributed by atoms with E-state index in [1.165, 1.54) is 12.8 Å². The maximum Gasteiger partial charge on any atom is 0.166 e. The Morgan fingerprint density at radius 3 is 3.05 bits per heavy atom. The van der Waals surface area contributed by atoms with E-state index in [2.05, 4.69) is 25.2 Å². The average molecular weight is 270 g/mol.